The smallest absolute Gasteiger partial charge is 0.224 e. The summed E-state index contributed by atoms with van der Waals surface area (Å²) in [4.78, 5) is 15.9. The van der Waals surface area contributed by atoms with Gasteiger partial charge in [-0.05, 0) is 6.42 Å². The number of hydrogen-bond acceptors (Lipinski definition) is 6. The van der Waals surface area contributed by atoms with E-state index < -0.39 is 0 Å². The summed E-state index contributed by atoms with van der Waals surface area (Å²) in [7, 11) is 3.92. The van der Waals surface area contributed by atoms with Crippen molar-refractivity contribution in [1.82, 2.24) is 19.8 Å². The van der Waals surface area contributed by atoms with Crippen LogP contribution in [-0.2, 0) is 11.3 Å². The first-order valence-corrected chi connectivity index (χ1v) is 8.71. The second-order valence-corrected chi connectivity index (χ2v) is 6.89. The van der Waals surface area contributed by atoms with Crippen LogP contribution in [0.5, 0.6) is 0 Å². The second kappa shape index (κ2) is 7.55. The van der Waals surface area contributed by atoms with Crippen LogP contribution >= 0.6 is 0 Å². The Kier molecular flexibility index (Phi) is 5.46. The van der Waals surface area contributed by atoms with Gasteiger partial charge in [-0.3, -0.25) is 9.80 Å². The van der Waals surface area contributed by atoms with Gasteiger partial charge in [-0.15, -0.1) is 0 Å². The number of piperazine rings is 1. The van der Waals surface area contributed by atoms with Crippen LogP contribution in [0.4, 0.5) is 5.95 Å². The number of aromatic nitrogens is 2. The number of rotatable bonds is 5. The molecule has 23 heavy (non-hydrogen) atoms. The molecule has 2 aliphatic rings. The zero-order chi connectivity index (χ0) is 16.2. The van der Waals surface area contributed by atoms with E-state index in [9.17, 15) is 0 Å². The summed E-state index contributed by atoms with van der Waals surface area (Å²) in [6, 6.07) is 1.15. The molecule has 1 aromatic heterocycles. The molecule has 0 aromatic carbocycles. The molecule has 0 amide bonds. The highest BCUT2D eigenvalue weighted by Gasteiger charge is 2.34. The van der Waals surface area contributed by atoms with Crippen molar-refractivity contribution in [3.05, 3.63) is 18.0 Å². The number of ether oxygens (including phenoxy) is 1. The van der Waals surface area contributed by atoms with Gasteiger partial charge < -0.3 is 9.64 Å². The van der Waals surface area contributed by atoms with Crippen molar-refractivity contribution in [3.8, 4) is 0 Å². The first-order chi connectivity index (χ1) is 11.2. The normalized spacial score (nSPS) is 26.0. The van der Waals surface area contributed by atoms with Gasteiger partial charge in [0.2, 0.25) is 5.95 Å². The SMILES string of the molecule is CCC[C@H]1COC[C@H]2CN(Cc3cnc(N(C)C)nc3)CCN12. The third-order valence-corrected chi connectivity index (χ3v) is 4.82. The molecule has 6 heteroatoms. The highest BCUT2D eigenvalue weighted by molar-refractivity contribution is 5.26. The zero-order valence-corrected chi connectivity index (χ0v) is 14.6. The second-order valence-electron chi connectivity index (χ2n) is 6.89. The van der Waals surface area contributed by atoms with E-state index in [4.69, 9.17) is 4.74 Å². The molecule has 0 bridgehead atoms. The van der Waals surface area contributed by atoms with Gasteiger partial charge in [-0.25, -0.2) is 9.97 Å². The molecule has 6 nitrogen and oxygen atoms in total. The molecular weight excluding hydrogens is 290 g/mol. The van der Waals surface area contributed by atoms with E-state index in [1.54, 1.807) is 0 Å². The number of nitrogens with zero attached hydrogens (tertiary/aromatic N) is 5. The molecule has 0 N–H and O–H groups in total. The molecule has 0 aliphatic carbocycles. The predicted octanol–water partition coefficient (Wildman–Crippen LogP) is 1.23. The molecule has 2 saturated heterocycles. The van der Waals surface area contributed by atoms with Gasteiger partial charge in [0.05, 0.1) is 13.2 Å². The van der Waals surface area contributed by atoms with E-state index >= 15 is 0 Å². The Labute approximate surface area is 139 Å². The fourth-order valence-corrected chi connectivity index (χ4v) is 3.64. The molecule has 128 valence electrons. The van der Waals surface area contributed by atoms with Crippen LogP contribution in [0.15, 0.2) is 12.4 Å². The first kappa shape index (κ1) is 16.6. The Bertz CT molecular complexity index is 490. The molecular formula is C17H29N5O. The maximum Gasteiger partial charge on any atom is 0.224 e. The highest BCUT2D eigenvalue weighted by Crippen LogP contribution is 2.22. The van der Waals surface area contributed by atoms with E-state index in [2.05, 4.69) is 26.7 Å². The van der Waals surface area contributed by atoms with Gasteiger partial charge >= 0.3 is 0 Å². The molecule has 2 fully saturated rings. The van der Waals surface area contributed by atoms with Gasteiger partial charge in [0.15, 0.2) is 0 Å². The standard InChI is InChI=1S/C17H29N5O/c1-4-5-15-12-23-13-16-11-21(6-7-22(15)16)10-14-8-18-17(19-9-14)20(2)3/h8-9,15-16H,4-7,10-13H2,1-3H3/t15-,16+/m0/s1. The van der Waals surface area contributed by atoms with Crippen molar-refractivity contribution in [2.24, 2.45) is 0 Å². The summed E-state index contributed by atoms with van der Waals surface area (Å²) >= 11 is 0. The summed E-state index contributed by atoms with van der Waals surface area (Å²) < 4.78 is 5.85. The Balaban J connectivity index is 1.57. The number of morpholine rings is 1. The molecule has 3 rings (SSSR count). The number of hydrogen-bond donors (Lipinski definition) is 0. The Morgan fingerprint density at radius 1 is 1.22 bits per heavy atom. The molecule has 0 unspecified atom stereocenters. The van der Waals surface area contributed by atoms with Crippen molar-refractivity contribution in [1.29, 1.82) is 0 Å². The molecule has 1 aromatic rings. The first-order valence-electron chi connectivity index (χ1n) is 8.71. The minimum atomic E-state index is 0.538. The lowest BCUT2D eigenvalue weighted by Crippen LogP contribution is -2.61. The molecule has 3 heterocycles. The fourth-order valence-electron chi connectivity index (χ4n) is 3.64. The van der Waals surface area contributed by atoms with E-state index in [-0.39, 0.29) is 0 Å². The minimum absolute atomic E-state index is 0.538. The maximum atomic E-state index is 5.85. The lowest BCUT2D eigenvalue weighted by atomic mass is 10.0. The molecule has 0 radical (unpaired) electrons. The summed E-state index contributed by atoms with van der Waals surface area (Å²) in [5.74, 6) is 0.765. The summed E-state index contributed by atoms with van der Waals surface area (Å²) in [5, 5.41) is 0. The summed E-state index contributed by atoms with van der Waals surface area (Å²) in [6.07, 6.45) is 6.38. The monoisotopic (exact) mass is 319 g/mol. The Morgan fingerprint density at radius 2 is 2.00 bits per heavy atom. The van der Waals surface area contributed by atoms with Gasteiger partial charge in [0, 0.05) is 70.3 Å². The predicted molar refractivity (Wildman–Crippen MR) is 91.6 cm³/mol. The number of fused-ring (bicyclic) bond motifs is 1. The van der Waals surface area contributed by atoms with Crippen LogP contribution in [0.25, 0.3) is 0 Å². The minimum Gasteiger partial charge on any atom is -0.378 e. The van der Waals surface area contributed by atoms with Gasteiger partial charge in [0.25, 0.3) is 0 Å². The van der Waals surface area contributed by atoms with Crippen molar-refractivity contribution < 1.29 is 4.74 Å². The van der Waals surface area contributed by atoms with Crippen molar-refractivity contribution >= 4 is 5.95 Å². The van der Waals surface area contributed by atoms with E-state index in [0.29, 0.717) is 12.1 Å². The van der Waals surface area contributed by atoms with Crippen molar-refractivity contribution in [2.45, 2.75) is 38.4 Å². The van der Waals surface area contributed by atoms with Crippen LogP contribution in [0.1, 0.15) is 25.3 Å². The molecule has 0 spiro atoms. The van der Waals surface area contributed by atoms with Crippen LogP contribution in [0.2, 0.25) is 0 Å². The van der Waals surface area contributed by atoms with Crippen molar-refractivity contribution in [2.75, 3.05) is 51.8 Å². The van der Waals surface area contributed by atoms with Crippen LogP contribution in [0.3, 0.4) is 0 Å². The van der Waals surface area contributed by atoms with Gasteiger partial charge in [-0.2, -0.15) is 0 Å². The third-order valence-electron chi connectivity index (χ3n) is 4.82. The zero-order valence-electron chi connectivity index (χ0n) is 14.6. The summed E-state index contributed by atoms with van der Waals surface area (Å²) in [5.41, 5.74) is 1.19. The fraction of sp³-hybridized carbons (Fsp3) is 0.765. The largest absolute Gasteiger partial charge is 0.378 e. The molecule has 0 saturated carbocycles. The van der Waals surface area contributed by atoms with Crippen LogP contribution < -0.4 is 4.90 Å². The number of anilines is 1. The molecule has 2 atom stereocenters. The van der Waals surface area contributed by atoms with Gasteiger partial charge in [0.1, 0.15) is 0 Å². The lowest BCUT2D eigenvalue weighted by Gasteiger charge is -2.48. The van der Waals surface area contributed by atoms with Crippen molar-refractivity contribution in [3.63, 3.8) is 0 Å². The van der Waals surface area contributed by atoms with E-state index in [1.165, 1.54) is 18.4 Å². The summed E-state index contributed by atoms with van der Waals surface area (Å²) in [6.45, 7) is 8.31. The third kappa shape index (κ3) is 4.00. The van der Waals surface area contributed by atoms with E-state index in [1.807, 2.05) is 31.4 Å². The topological polar surface area (TPSA) is 44.7 Å². The quantitative estimate of drug-likeness (QED) is 0.813. The molecule has 2 aliphatic heterocycles. The highest BCUT2D eigenvalue weighted by atomic mass is 16.5. The maximum absolute atomic E-state index is 5.85. The lowest BCUT2D eigenvalue weighted by molar-refractivity contribution is -0.0840. The van der Waals surface area contributed by atoms with Crippen LogP contribution in [0, 0.1) is 0 Å². The van der Waals surface area contributed by atoms with Gasteiger partial charge in [-0.1, -0.05) is 13.3 Å². The Hall–Kier alpha value is -1.24. The average Bonchev–Trinajstić information content (AvgIpc) is 2.56. The average molecular weight is 319 g/mol. The van der Waals surface area contributed by atoms with E-state index in [0.717, 1.165) is 45.3 Å². The van der Waals surface area contributed by atoms with Crippen LogP contribution in [-0.4, -0.2) is 78.8 Å². The Morgan fingerprint density at radius 3 is 2.70 bits per heavy atom.